The molecule has 2 aromatic carbocycles. The average Bonchev–Trinajstić information content (AvgIpc) is 3.28. The Labute approximate surface area is 204 Å². The van der Waals surface area contributed by atoms with Gasteiger partial charge in [-0.1, -0.05) is 23.7 Å². The van der Waals surface area contributed by atoms with Gasteiger partial charge >= 0.3 is 0 Å². The van der Waals surface area contributed by atoms with Crippen LogP contribution in [0.3, 0.4) is 0 Å². The molecule has 2 aliphatic heterocycles. The zero-order valence-corrected chi connectivity index (χ0v) is 20.4. The third kappa shape index (κ3) is 4.55. The number of carbonyl (C=O) groups is 1. The Balaban J connectivity index is 1.58. The molecule has 1 atom stereocenters. The fourth-order valence-corrected chi connectivity index (χ4v) is 5.33. The fraction of sp³-hybridized carbons (Fsp3) is 0.423. The van der Waals surface area contributed by atoms with Gasteiger partial charge in [0.1, 0.15) is 12.4 Å². The van der Waals surface area contributed by atoms with Crippen LogP contribution in [0.1, 0.15) is 26.7 Å². The number of amides is 1. The molecule has 0 unspecified atom stereocenters. The molecule has 3 heterocycles. The van der Waals surface area contributed by atoms with Crippen molar-refractivity contribution in [3.05, 3.63) is 57.8 Å². The minimum absolute atomic E-state index is 0.0212. The highest BCUT2D eigenvalue weighted by atomic mass is 35.5. The number of hydrogen-bond acceptors (Lipinski definition) is 5. The molecule has 1 amide bonds. The van der Waals surface area contributed by atoms with Crippen LogP contribution in [0, 0.1) is 0 Å². The van der Waals surface area contributed by atoms with Gasteiger partial charge in [-0.05, 0) is 63.6 Å². The second-order valence-corrected chi connectivity index (χ2v) is 9.98. The summed E-state index contributed by atoms with van der Waals surface area (Å²) in [6.07, 6.45) is 2.49. The first kappa shape index (κ1) is 22.9. The lowest BCUT2D eigenvalue weighted by Gasteiger charge is -2.38. The number of anilines is 1. The third-order valence-corrected chi connectivity index (χ3v) is 6.96. The normalized spacial score (nSPS) is 18.5. The quantitative estimate of drug-likeness (QED) is 0.606. The highest BCUT2D eigenvalue weighted by molar-refractivity contribution is 6.30. The average molecular weight is 480 g/mol. The maximum absolute atomic E-state index is 13.7. The van der Waals surface area contributed by atoms with Gasteiger partial charge in [-0.25, -0.2) is 4.98 Å². The largest absolute Gasteiger partial charge is 0.369 e. The molecule has 0 spiro atoms. The number of nitrogens with zero attached hydrogens (tertiary/aromatic N) is 4. The second kappa shape index (κ2) is 9.39. The number of fused-ring (bicyclic) bond motifs is 2. The van der Waals surface area contributed by atoms with Crippen molar-refractivity contribution in [2.45, 2.75) is 45.3 Å². The van der Waals surface area contributed by atoms with Crippen LogP contribution in [0.25, 0.3) is 22.3 Å². The molecule has 1 N–H and O–H groups in total. The molecule has 2 aliphatic rings. The van der Waals surface area contributed by atoms with Gasteiger partial charge in [-0.15, -0.1) is 0 Å². The highest BCUT2D eigenvalue weighted by Crippen LogP contribution is 2.28. The van der Waals surface area contributed by atoms with Crippen LogP contribution >= 0.6 is 11.6 Å². The second-order valence-electron chi connectivity index (χ2n) is 9.54. The first-order valence-corrected chi connectivity index (χ1v) is 12.4. The van der Waals surface area contributed by atoms with Gasteiger partial charge in [-0.2, -0.15) is 0 Å². The Morgan fingerprint density at radius 1 is 1.18 bits per heavy atom. The van der Waals surface area contributed by atoms with Crippen molar-refractivity contribution in [3.8, 4) is 11.4 Å². The summed E-state index contributed by atoms with van der Waals surface area (Å²) in [5, 5.41) is 3.95. The van der Waals surface area contributed by atoms with E-state index in [2.05, 4.69) is 21.2 Å². The molecule has 1 aromatic heterocycles. The summed E-state index contributed by atoms with van der Waals surface area (Å²) in [6, 6.07) is 13.7. The lowest BCUT2D eigenvalue weighted by molar-refractivity contribution is -0.122. The van der Waals surface area contributed by atoms with E-state index in [0.717, 1.165) is 25.3 Å². The van der Waals surface area contributed by atoms with Gasteiger partial charge in [0.25, 0.3) is 5.56 Å². The van der Waals surface area contributed by atoms with Crippen molar-refractivity contribution >= 4 is 34.1 Å². The molecular formula is C26H30ClN5O2. The van der Waals surface area contributed by atoms with Gasteiger partial charge < -0.3 is 10.2 Å². The predicted molar refractivity (Wildman–Crippen MR) is 137 cm³/mol. The lowest BCUT2D eigenvalue weighted by atomic mass is 10.1. The third-order valence-electron chi connectivity index (χ3n) is 6.72. The molecule has 5 rings (SSSR count). The maximum atomic E-state index is 13.7. The Hall–Kier alpha value is -2.90. The summed E-state index contributed by atoms with van der Waals surface area (Å²) >= 11 is 6.22. The van der Waals surface area contributed by atoms with Crippen molar-refractivity contribution in [3.63, 3.8) is 0 Å². The summed E-state index contributed by atoms with van der Waals surface area (Å²) < 4.78 is 1.46. The minimum atomic E-state index is -0.227. The van der Waals surface area contributed by atoms with E-state index in [4.69, 9.17) is 16.6 Å². The lowest BCUT2D eigenvalue weighted by Crippen LogP contribution is -2.50. The molecule has 34 heavy (non-hydrogen) atoms. The molecule has 178 valence electrons. The SMILES string of the molecule is CC(C)NC(=O)Cn1c(-c2cccc(Cl)c2)nc2ccc(N3CCN4CCC[C@@H]4C3)cc2c1=O. The molecule has 0 bridgehead atoms. The molecule has 2 saturated heterocycles. The Kier molecular flexibility index (Phi) is 6.32. The molecule has 0 radical (unpaired) electrons. The zero-order valence-electron chi connectivity index (χ0n) is 19.6. The topological polar surface area (TPSA) is 70.5 Å². The zero-order chi connectivity index (χ0) is 23.8. The molecule has 3 aromatic rings. The van der Waals surface area contributed by atoms with Gasteiger partial charge in [-0.3, -0.25) is 19.1 Å². The molecular weight excluding hydrogens is 450 g/mol. The smallest absolute Gasteiger partial charge is 0.262 e. The number of halogens is 1. The van der Waals surface area contributed by atoms with Crippen LogP contribution in [-0.4, -0.2) is 58.6 Å². The number of benzene rings is 2. The highest BCUT2D eigenvalue weighted by Gasteiger charge is 2.30. The van der Waals surface area contributed by atoms with E-state index in [-0.39, 0.29) is 24.1 Å². The molecule has 2 fully saturated rings. The molecule has 0 saturated carbocycles. The summed E-state index contributed by atoms with van der Waals surface area (Å²) in [4.78, 5) is 36.1. The van der Waals surface area contributed by atoms with E-state index in [1.807, 2.05) is 38.1 Å². The molecule has 7 nitrogen and oxygen atoms in total. The summed E-state index contributed by atoms with van der Waals surface area (Å²) in [6.45, 7) is 7.85. The summed E-state index contributed by atoms with van der Waals surface area (Å²) in [5.74, 6) is 0.210. The van der Waals surface area contributed by atoms with Crippen molar-refractivity contribution in [1.29, 1.82) is 0 Å². The van der Waals surface area contributed by atoms with E-state index >= 15 is 0 Å². The van der Waals surface area contributed by atoms with Crippen LogP contribution in [0.4, 0.5) is 5.69 Å². The number of aromatic nitrogens is 2. The van der Waals surface area contributed by atoms with Gasteiger partial charge in [0, 0.05) is 48.0 Å². The van der Waals surface area contributed by atoms with Crippen LogP contribution in [0.5, 0.6) is 0 Å². The van der Waals surface area contributed by atoms with E-state index in [1.165, 1.54) is 24.0 Å². The predicted octanol–water partition coefficient (Wildman–Crippen LogP) is 3.53. The number of piperazine rings is 1. The summed E-state index contributed by atoms with van der Waals surface area (Å²) in [5.41, 5.74) is 2.13. The first-order chi connectivity index (χ1) is 16.4. The number of carbonyl (C=O) groups excluding carboxylic acids is 1. The van der Waals surface area contributed by atoms with Crippen LogP contribution < -0.4 is 15.8 Å². The van der Waals surface area contributed by atoms with E-state index in [9.17, 15) is 9.59 Å². The maximum Gasteiger partial charge on any atom is 0.262 e. The van der Waals surface area contributed by atoms with Crippen LogP contribution in [0.15, 0.2) is 47.3 Å². The van der Waals surface area contributed by atoms with Crippen molar-refractivity contribution in [2.75, 3.05) is 31.1 Å². The standard InChI is InChI=1S/C26H30ClN5O2/c1-17(2)28-24(33)16-32-25(18-5-3-6-19(27)13-18)29-23-9-8-20(14-22(23)26(32)34)31-12-11-30-10-4-7-21(30)15-31/h3,5-6,8-9,13-14,17,21H,4,7,10-12,15-16H2,1-2H3,(H,28,33)/t21-/m1/s1. The van der Waals surface area contributed by atoms with Gasteiger partial charge in [0.2, 0.25) is 5.91 Å². The van der Waals surface area contributed by atoms with Crippen LogP contribution in [-0.2, 0) is 11.3 Å². The number of rotatable bonds is 5. The van der Waals surface area contributed by atoms with E-state index < -0.39 is 0 Å². The Bertz CT molecular complexity index is 1290. The van der Waals surface area contributed by atoms with Gasteiger partial charge in [0.15, 0.2) is 0 Å². The van der Waals surface area contributed by atoms with Crippen LogP contribution in [0.2, 0.25) is 5.02 Å². The summed E-state index contributed by atoms with van der Waals surface area (Å²) in [7, 11) is 0. The number of nitrogens with one attached hydrogen (secondary N) is 1. The van der Waals surface area contributed by atoms with Crippen molar-refractivity contribution < 1.29 is 4.79 Å². The van der Waals surface area contributed by atoms with Gasteiger partial charge in [0.05, 0.1) is 10.9 Å². The first-order valence-electron chi connectivity index (χ1n) is 12.0. The Morgan fingerprint density at radius 3 is 2.82 bits per heavy atom. The number of hydrogen-bond donors (Lipinski definition) is 1. The monoisotopic (exact) mass is 479 g/mol. The van der Waals surface area contributed by atoms with Crippen molar-refractivity contribution in [2.24, 2.45) is 0 Å². The molecule has 8 heteroatoms. The Morgan fingerprint density at radius 2 is 2.03 bits per heavy atom. The fourth-order valence-electron chi connectivity index (χ4n) is 5.14. The van der Waals surface area contributed by atoms with Crippen molar-refractivity contribution in [1.82, 2.24) is 19.8 Å². The van der Waals surface area contributed by atoms with E-state index in [0.29, 0.717) is 33.4 Å². The minimum Gasteiger partial charge on any atom is -0.369 e. The molecule has 0 aliphatic carbocycles. The van der Waals surface area contributed by atoms with E-state index in [1.54, 1.807) is 12.1 Å².